The summed E-state index contributed by atoms with van der Waals surface area (Å²) in [7, 11) is 0. The molecule has 2 aromatic rings. The lowest BCUT2D eigenvalue weighted by Crippen LogP contribution is -2.31. The number of amides is 1. The molecule has 0 bridgehead atoms. The van der Waals surface area contributed by atoms with E-state index < -0.39 is 29.0 Å². The molecule has 6 heteroatoms. The van der Waals surface area contributed by atoms with Gasteiger partial charge in [-0.3, -0.25) is 4.79 Å². The Bertz CT molecular complexity index is 665. The van der Waals surface area contributed by atoms with Crippen LogP contribution >= 0.6 is 0 Å². The molecule has 2 aromatic carbocycles. The van der Waals surface area contributed by atoms with E-state index in [1.54, 1.807) is 6.92 Å². The summed E-state index contributed by atoms with van der Waals surface area (Å²) < 4.78 is 40.1. The number of carbonyl (C=O) groups is 1. The van der Waals surface area contributed by atoms with Gasteiger partial charge < -0.3 is 10.6 Å². The summed E-state index contributed by atoms with van der Waals surface area (Å²) in [5.74, 6) is -3.16. The van der Waals surface area contributed by atoms with Gasteiger partial charge in [-0.25, -0.2) is 13.2 Å². The summed E-state index contributed by atoms with van der Waals surface area (Å²) in [6.45, 7) is 1.89. The molecule has 3 nitrogen and oxygen atoms in total. The predicted octanol–water partition coefficient (Wildman–Crippen LogP) is 3.35. The zero-order valence-electron chi connectivity index (χ0n) is 11.2. The lowest BCUT2D eigenvalue weighted by molar-refractivity contribution is 0.0987. The average Bonchev–Trinajstić information content (AvgIpc) is 2.45. The fourth-order valence-electron chi connectivity index (χ4n) is 1.95. The number of anilines is 2. The molecule has 0 saturated carbocycles. The van der Waals surface area contributed by atoms with Gasteiger partial charge in [0, 0.05) is 17.8 Å². The highest BCUT2D eigenvalue weighted by Crippen LogP contribution is 2.22. The first-order chi connectivity index (χ1) is 9.93. The lowest BCUT2D eigenvalue weighted by Gasteiger charge is -2.21. The van der Waals surface area contributed by atoms with E-state index >= 15 is 0 Å². The van der Waals surface area contributed by atoms with Crippen LogP contribution in [-0.2, 0) is 0 Å². The van der Waals surface area contributed by atoms with Crippen molar-refractivity contribution < 1.29 is 18.0 Å². The number of hydrogen-bond donors (Lipinski definition) is 1. The Balaban J connectivity index is 2.41. The summed E-state index contributed by atoms with van der Waals surface area (Å²) in [5.41, 5.74) is 4.64. The quantitative estimate of drug-likeness (QED) is 0.882. The highest BCUT2D eigenvalue weighted by Gasteiger charge is 2.19. The van der Waals surface area contributed by atoms with Gasteiger partial charge in [0.15, 0.2) is 0 Å². The number of halogens is 3. The van der Waals surface area contributed by atoms with Crippen LogP contribution in [-0.4, -0.2) is 12.5 Å². The summed E-state index contributed by atoms with van der Waals surface area (Å²) in [6.07, 6.45) is 0. The monoisotopic (exact) mass is 294 g/mol. The molecule has 0 heterocycles. The Labute approximate surface area is 119 Å². The molecule has 0 saturated heterocycles. The van der Waals surface area contributed by atoms with Crippen LogP contribution in [0.1, 0.15) is 17.3 Å². The second kappa shape index (κ2) is 5.87. The second-order valence-corrected chi connectivity index (χ2v) is 4.38. The van der Waals surface area contributed by atoms with Crippen LogP contribution < -0.4 is 10.6 Å². The molecule has 21 heavy (non-hydrogen) atoms. The van der Waals surface area contributed by atoms with Crippen LogP contribution in [0, 0.1) is 17.5 Å². The van der Waals surface area contributed by atoms with Gasteiger partial charge in [0.25, 0.3) is 5.91 Å². The molecule has 0 fully saturated rings. The maximum Gasteiger partial charge on any atom is 0.258 e. The molecule has 0 aliphatic heterocycles. The van der Waals surface area contributed by atoms with E-state index in [4.69, 9.17) is 5.73 Å². The molecule has 0 spiro atoms. The van der Waals surface area contributed by atoms with Crippen molar-refractivity contribution in [3.8, 4) is 0 Å². The molecule has 110 valence electrons. The van der Waals surface area contributed by atoms with Gasteiger partial charge in [-0.15, -0.1) is 0 Å². The van der Waals surface area contributed by atoms with Crippen molar-refractivity contribution in [3.63, 3.8) is 0 Å². The first-order valence-corrected chi connectivity index (χ1v) is 6.26. The highest BCUT2D eigenvalue weighted by molar-refractivity contribution is 6.06. The van der Waals surface area contributed by atoms with Crippen LogP contribution in [0.25, 0.3) is 0 Å². The molecular formula is C15H13F3N2O. The summed E-state index contributed by atoms with van der Waals surface area (Å²) >= 11 is 0. The van der Waals surface area contributed by atoms with Crippen molar-refractivity contribution >= 4 is 17.3 Å². The first-order valence-electron chi connectivity index (χ1n) is 6.26. The zero-order valence-corrected chi connectivity index (χ0v) is 11.2. The number of nitrogens with two attached hydrogens (primary N) is 1. The van der Waals surface area contributed by atoms with Gasteiger partial charge in [-0.2, -0.15) is 0 Å². The molecule has 0 aromatic heterocycles. The van der Waals surface area contributed by atoms with Crippen molar-refractivity contribution in [3.05, 3.63) is 59.4 Å². The van der Waals surface area contributed by atoms with Gasteiger partial charge in [-0.1, -0.05) is 6.07 Å². The number of benzene rings is 2. The fourth-order valence-corrected chi connectivity index (χ4v) is 1.95. The third-order valence-corrected chi connectivity index (χ3v) is 3.01. The number of rotatable bonds is 3. The molecule has 1 amide bonds. The zero-order chi connectivity index (χ0) is 15.6. The SMILES string of the molecule is CCN(C(=O)c1cc(F)c(N)c(F)c1)c1cccc(F)c1. The third kappa shape index (κ3) is 2.99. The summed E-state index contributed by atoms with van der Waals surface area (Å²) in [6, 6.07) is 7.13. The molecule has 0 unspecified atom stereocenters. The largest absolute Gasteiger partial charge is 0.394 e. The van der Waals surface area contributed by atoms with E-state index in [2.05, 4.69) is 0 Å². The summed E-state index contributed by atoms with van der Waals surface area (Å²) in [5, 5.41) is 0. The van der Waals surface area contributed by atoms with Gasteiger partial charge in [0.2, 0.25) is 0 Å². The van der Waals surface area contributed by atoms with Crippen molar-refractivity contribution in [1.82, 2.24) is 0 Å². The van der Waals surface area contributed by atoms with E-state index in [1.165, 1.54) is 29.2 Å². The molecule has 0 aliphatic rings. The number of nitrogen functional groups attached to an aromatic ring is 1. The minimum atomic E-state index is -1.01. The Hall–Kier alpha value is -2.50. The summed E-state index contributed by atoms with van der Waals surface area (Å²) in [4.78, 5) is 13.5. The van der Waals surface area contributed by atoms with Gasteiger partial charge in [0.1, 0.15) is 23.1 Å². The van der Waals surface area contributed by atoms with Crippen LogP contribution in [0.15, 0.2) is 36.4 Å². The van der Waals surface area contributed by atoms with Gasteiger partial charge in [-0.05, 0) is 37.3 Å². The second-order valence-electron chi connectivity index (χ2n) is 4.38. The fraction of sp³-hybridized carbons (Fsp3) is 0.133. The maximum atomic E-state index is 13.4. The van der Waals surface area contributed by atoms with E-state index in [-0.39, 0.29) is 12.1 Å². The Morgan fingerprint density at radius 1 is 1.14 bits per heavy atom. The molecule has 0 aliphatic carbocycles. The van der Waals surface area contributed by atoms with Crippen LogP contribution in [0.5, 0.6) is 0 Å². The number of carbonyl (C=O) groups excluding carboxylic acids is 1. The molecule has 0 radical (unpaired) electrons. The van der Waals surface area contributed by atoms with Crippen molar-refractivity contribution in [1.29, 1.82) is 0 Å². The standard InChI is InChI=1S/C15H13F3N2O/c1-2-20(11-5-3-4-10(16)8-11)15(21)9-6-12(17)14(19)13(18)7-9/h3-8H,2,19H2,1H3. The van der Waals surface area contributed by atoms with Crippen LogP contribution in [0.4, 0.5) is 24.5 Å². The number of nitrogens with zero attached hydrogens (tertiary/aromatic N) is 1. The van der Waals surface area contributed by atoms with Gasteiger partial charge in [0.05, 0.1) is 0 Å². The van der Waals surface area contributed by atoms with Crippen LogP contribution in [0.3, 0.4) is 0 Å². The van der Waals surface area contributed by atoms with E-state index in [9.17, 15) is 18.0 Å². The molecule has 0 atom stereocenters. The van der Waals surface area contributed by atoms with Crippen molar-refractivity contribution in [2.45, 2.75) is 6.92 Å². The minimum Gasteiger partial charge on any atom is -0.394 e. The van der Waals surface area contributed by atoms with Gasteiger partial charge >= 0.3 is 0 Å². The highest BCUT2D eigenvalue weighted by atomic mass is 19.1. The van der Waals surface area contributed by atoms with E-state index in [0.717, 1.165) is 12.1 Å². The molecular weight excluding hydrogens is 281 g/mol. The van der Waals surface area contributed by atoms with Crippen molar-refractivity contribution in [2.75, 3.05) is 17.2 Å². The topological polar surface area (TPSA) is 46.3 Å². The minimum absolute atomic E-state index is 0.190. The average molecular weight is 294 g/mol. The molecule has 2 N–H and O–H groups in total. The van der Waals surface area contributed by atoms with E-state index in [1.807, 2.05) is 0 Å². The van der Waals surface area contributed by atoms with Crippen molar-refractivity contribution in [2.24, 2.45) is 0 Å². The molecule has 2 rings (SSSR count). The predicted molar refractivity (Wildman–Crippen MR) is 74.5 cm³/mol. The normalized spacial score (nSPS) is 10.5. The van der Waals surface area contributed by atoms with Crippen LogP contribution in [0.2, 0.25) is 0 Å². The smallest absolute Gasteiger partial charge is 0.258 e. The number of hydrogen-bond acceptors (Lipinski definition) is 2. The lowest BCUT2D eigenvalue weighted by atomic mass is 10.1. The maximum absolute atomic E-state index is 13.4. The Kier molecular flexibility index (Phi) is 4.16. The Morgan fingerprint density at radius 3 is 2.29 bits per heavy atom. The Morgan fingerprint density at radius 2 is 1.76 bits per heavy atom. The first kappa shape index (κ1) is 14.9. The van der Waals surface area contributed by atoms with E-state index in [0.29, 0.717) is 5.69 Å². The third-order valence-electron chi connectivity index (χ3n) is 3.01.